The predicted molar refractivity (Wildman–Crippen MR) is 122 cm³/mol. The van der Waals surface area contributed by atoms with Crippen molar-refractivity contribution in [2.45, 2.75) is 13.1 Å². The molecule has 2 aromatic carbocycles. The molecule has 6 heteroatoms. The summed E-state index contributed by atoms with van der Waals surface area (Å²) in [7, 11) is 3.52. The highest BCUT2D eigenvalue weighted by atomic mass is 79.9. The Hall–Kier alpha value is -2.57. The highest BCUT2D eigenvalue weighted by molar-refractivity contribution is 9.11. The van der Waals surface area contributed by atoms with Crippen LogP contribution in [0, 0.1) is 0 Å². The third-order valence-electron chi connectivity index (χ3n) is 4.91. The van der Waals surface area contributed by atoms with Gasteiger partial charge in [-0.2, -0.15) is 0 Å². The topological polar surface area (TPSA) is 34.5 Å². The van der Waals surface area contributed by atoms with Crippen molar-refractivity contribution in [1.29, 1.82) is 0 Å². The molecule has 0 saturated heterocycles. The molecule has 4 rings (SSSR count). The molecule has 4 aromatic rings. The molecule has 2 aromatic heterocycles. The zero-order chi connectivity index (χ0) is 20.4. The normalized spacial score (nSPS) is 11.0. The van der Waals surface area contributed by atoms with E-state index < -0.39 is 0 Å². The van der Waals surface area contributed by atoms with Crippen LogP contribution in [-0.2, 0) is 13.1 Å². The lowest BCUT2D eigenvalue weighted by Gasteiger charge is -2.19. The number of aromatic nitrogens is 1. The van der Waals surface area contributed by atoms with E-state index in [1.807, 2.05) is 67.7 Å². The van der Waals surface area contributed by atoms with Gasteiger partial charge < -0.3 is 14.2 Å². The number of hydrogen-bond donors (Lipinski definition) is 0. The maximum atomic E-state index is 13.3. The fourth-order valence-corrected chi connectivity index (χ4v) is 5.05. The summed E-state index contributed by atoms with van der Waals surface area (Å²) in [6.45, 7) is 1.13. The van der Waals surface area contributed by atoms with Gasteiger partial charge in [-0.25, -0.2) is 0 Å². The largest absolute Gasteiger partial charge is 0.496 e. The van der Waals surface area contributed by atoms with Gasteiger partial charge in [-0.15, -0.1) is 11.3 Å². The van der Waals surface area contributed by atoms with Gasteiger partial charge in [0.25, 0.3) is 5.91 Å². The molecule has 0 fully saturated rings. The molecule has 0 aliphatic heterocycles. The number of carbonyl (C=O) groups excluding carboxylic acids is 1. The lowest BCUT2D eigenvalue weighted by Crippen LogP contribution is -2.28. The Kier molecular flexibility index (Phi) is 5.74. The van der Waals surface area contributed by atoms with Crippen LogP contribution in [0.5, 0.6) is 5.75 Å². The lowest BCUT2D eigenvalue weighted by atomic mass is 10.2. The van der Waals surface area contributed by atoms with Gasteiger partial charge in [-0.3, -0.25) is 4.79 Å². The Bertz CT molecular complexity index is 1150. The Morgan fingerprint density at radius 3 is 2.59 bits per heavy atom. The fraction of sp³-hybridized carbons (Fsp3) is 0.174. The first-order chi connectivity index (χ1) is 14.1. The van der Waals surface area contributed by atoms with Crippen LogP contribution in [0.15, 0.2) is 70.5 Å². The Labute approximate surface area is 182 Å². The first-order valence-corrected chi connectivity index (χ1v) is 10.9. The highest BCUT2D eigenvalue weighted by Gasteiger charge is 2.21. The molecule has 0 aliphatic rings. The number of rotatable bonds is 6. The first-order valence-electron chi connectivity index (χ1n) is 9.26. The van der Waals surface area contributed by atoms with E-state index in [-0.39, 0.29) is 5.91 Å². The van der Waals surface area contributed by atoms with Crippen LogP contribution in [0.3, 0.4) is 0 Å². The van der Waals surface area contributed by atoms with Gasteiger partial charge in [0.1, 0.15) is 11.4 Å². The predicted octanol–water partition coefficient (Wildman–Crippen LogP) is 5.79. The second kappa shape index (κ2) is 8.43. The minimum atomic E-state index is 0.00303. The smallest absolute Gasteiger partial charge is 0.270 e. The van der Waals surface area contributed by atoms with E-state index in [1.54, 1.807) is 23.3 Å². The number of halogens is 1. The van der Waals surface area contributed by atoms with Crippen molar-refractivity contribution in [2.24, 2.45) is 0 Å². The van der Waals surface area contributed by atoms with E-state index in [0.717, 1.165) is 30.9 Å². The Balaban J connectivity index is 1.71. The number of carbonyl (C=O) groups is 1. The number of amides is 1. The standard InChI is InChI=1S/C23H21BrN2O2S/c1-25(14-16-8-4-3-5-9-16)23(27)19-12-21-18(13-22(24)29-21)26(19)15-17-10-6-7-11-20(17)28-2/h3-13H,14-15H2,1-2H3. The van der Waals surface area contributed by atoms with Crippen LogP contribution in [0.2, 0.25) is 0 Å². The minimum Gasteiger partial charge on any atom is -0.496 e. The van der Waals surface area contributed by atoms with Crippen molar-refractivity contribution in [3.05, 3.63) is 87.3 Å². The number of methoxy groups -OCH3 is 1. The zero-order valence-corrected chi connectivity index (χ0v) is 18.7. The molecule has 0 bridgehead atoms. The number of benzene rings is 2. The minimum absolute atomic E-state index is 0.00303. The quantitative estimate of drug-likeness (QED) is 0.358. The molecular weight excluding hydrogens is 448 g/mol. The molecule has 0 radical (unpaired) electrons. The van der Waals surface area contributed by atoms with Crippen molar-refractivity contribution in [3.63, 3.8) is 0 Å². The molecule has 0 aliphatic carbocycles. The van der Waals surface area contributed by atoms with E-state index in [4.69, 9.17) is 4.74 Å². The zero-order valence-electron chi connectivity index (χ0n) is 16.3. The summed E-state index contributed by atoms with van der Waals surface area (Å²) in [6.07, 6.45) is 0. The van der Waals surface area contributed by atoms with Crippen LogP contribution in [0.25, 0.3) is 10.2 Å². The maximum Gasteiger partial charge on any atom is 0.270 e. The molecule has 2 heterocycles. The molecular formula is C23H21BrN2O2S. The van der Waals surface area contributed by atoms with Crippen molar-refractivity contribution in [1.82, 2.24) is 9.47 Å². The number of para-hydroxylation sites is 1. The Morgan fingerprint density at radius 2 is 1.83 bits per heavy atom. The second-order valence-electron chi connectivity index (χ2n) is 6.87. The van der Waals surface area contributed by atoms with E-state index in [0.29, 0.717) is 18.8 Å². The molecule has 0 spiro atoms. The van der Waals surface area contributed by atoms with Crippen LogP contribution in [-0.4, -0.2) is 29.5 Å². The van der Waals surface area contributed by atoms with Gasteiger partial charge in [-0.05, 0) is 39.7 Å². The van der Waals surface area contributed by atoms with Crippen molar-refractivity contribution in [3.8, 4) is 5.75 Å². The van der Waals surface area contributed by atoms with E-state index in [9.17, 15) is 4.79 Å². The third kappa shape index (κ3) is 4.09. The third-order valence-corrected chi connectivity index (χ3v) is 6.48. The number of ether oxygens (including phenoxy) is 1. The van der Waals surface area contributed by atoms with Gasteiger partial charge in [-0.1, -0.05) is 48.5 Å². The molecule has 0 saturated carbocycles. The van der Waals surface area contributed by atoms with Gasteiger partial charge in [0, 0.05) is 19.2 Å². The number of fused-ring (bicyclic) bond motifs is 1. The summed E-state index contributed by atoms with van der Waals surface area (Å²) in [6, 6.07) is 22.0. The van der Waals surface area contributed by atoms with Crippen LogP contribution in [0.4, 0.5) is 0 Å². The van der Waals surface area contributed by atoms with Crippen LogP contribution >= 0.6 is 27.3 Å². The maximum absolute atomic E-state index is 13.3. The molecule has 0 unspecified atom stereocenters. The van der Waals surface area contributed by atoms with E-state index in [2.05, 4.69) is 26.6 Å². The molecule has 1 amide bonds. The summed E-state index contributed by atoms with van der Waals surface area (Å²) in [5.41, 5.74) is 3.87. The number of hydrogen-bond acceptors (Lipinski definition) is 3. The number of thiophene rings is 1. The monoisotopic (exact) mass is 468 g/mol. The molecule has 0 N–H and O–H groups in total. The summed E-state index contributed by atoms with van der Waals surface area (Å²) in [4.78, 5) is 15.1. The first kappa shape index (κ1) is 19.7. The summed E-state index contributed by atoms with van der Waals surface area (Å²) in [5, 5.41) is 0. The summed E-state index contributed by atoms with van der Waals surface area (Å²) < 4.78 is 9.74. The summed E-state index contributed by atoms with van der Waals surface area (Å²) >= 11 is 5.21. The van der Waals surface area contributed by atoms with Crippen LogP contribution in [0.1, 0.15) is 21.6 Å². The van der Waals surface area contributed by atoms with Crippen LogP contribution < -0.4 is 4.74 Å². The summed E-state index contributed by atoms with van der Waals surface area (Å²) in [5.74, 6) is 0.822. The SMILES string of the molecule is COc1ccccc1Cn1c(C(=O)N(C)Cc2ccccc2)cc2sc(Br)cc21. The lowest BCUT2D eigenvalue weighted by molar-refractivity contribution is 0.0775. The molecule has 4 nitrogen and oxygen atoms in total. The average molecular weight is 469 g/mol. The van der Waals surface area contributed by atoms with E-state index in [1.165, 1.54) is 0 Å². The fourth-order valence-electron chi connectivity index (χ4n) is 3.49. The molecule has 0 atom stereocenters. The molecule has 148 valence electrons. The van der Waals surface area contributed by atoms with Crippen molar-refractivity contribution in [2.75, 3.05) is 14.2 Å². The van der Waals surface area contributed by atoms with Gasteiger partial charge in [0.15, 0.2) is 0 Å². The van der Waals surface area contributed by atoms with Gasteiger partial charge in [0.2, 0.25) is 0 Å². The highest BCUT2D eigenvalue weighted by Crippen LogP contribution is 2.34. The average Bonchev–Trinajstić information content (AvgIpc) is 3.25. The van der Waals surface area contributed by atoms with Gasteiger partial charge >= 0.3 is 0 Å². The van der Waals surface area contributed by atoms with Gasteiger partial charge in [0.05, 0.1) is 27.7 Å². The van der Waals surface area contributed by atoms with E-state index >= 15 is 0 Å². The number of nitrogens with zero attached hydrogens (tertiary/aromatic N) is 2. The van der Waals surface area contributed by atoms with Crippen molar-refractivity contribution < 1.29 is 9.53 Å². The molecule has 29 heavy (non-hydrogen) atoms. The van der Waals surface area contributed by atoms with Crippen molar-refractivity contribution >= 4 is 43.4 Å². The Morgan fingerprint density at radius 1 is 1.10 bits per heavy atom. The second-order valence-corrected chi connectivity index (χ2v) is 9.34.